The number of hydrogen-bond donors (Lipinski definition) is 0. The molecule has 0 aliphatic rings. The molecule has 0 fully saturated rings. The SMILES string of the molecule is Cc1ccc(C(C)c2cccc3cncn23)cc1. The van der Waals surface area contributed by atoms with Crippen molar-refractivity contribution in [3.8, 4) is 0 Å². The molecule has 2 heteroatoms. The Kier molecular flexibility index (Phi) is 2.63. The van der Waals surface area contributed by atoms with Gasteiger partial charge in [0.05, 0.1) is 18.0 Å². The Bertz CT molecular complexity index is 665. The van der Waals surface area contributed by atoms with Gasteiger partial charge in [-0.1, -0.05) is 42.8 Å². The normalized spacial score (nSPS) is 12.8. The topological polar surface area (TPSA) is 17.3 Å². The van der Waals surface area contributed by atoms with Crippen LogP contribution in [-0.2, 0) is 0 Å². The number of pyridine rings is 1. The summed E-state index contributed by atoms with van der Waals surface area (Å²) in [4.78, 5) is 4.22. The molecule has 2 nitrogen and oxygen atoms in total. The fourth-order valence-electron chi connectivity index (χ4n) is 2.35. The Morgan fingerprint density at radius 1 is 1.06 bits per heavy atom. The molecule has 3 rings (SSSR count). The summed E-state index contributed by atoms with van der Waals surface area (Å²) in [6, 6.07) is 15.1. The molecular weight excluding hydrogens is 220 g/mol. The molecule has 2 heterocycles. The van der Waals surface area contributed by atoms with Gasteiger partial charge >= 0.3 is 0 Å². The quantitative estimate of drug-likeness (QED) is 0.661. The van der Waals surface area contributed by atoms with Crippen LogP contribution in [0.4, 0.5) is 0 Å². The largest absolute Gasteiger partial charge is 0.303 e. The Labute approximate surface area is 107 Å². The van der Waals surface area contributed by atoms with Crippen LogP contribution in [0.15, 0.2) is 55.0 Å². The Morgan fingerprint density at radius 3 is 2.61 bits per heavy atom. The molecule has 2 aromatic heterocycles. The third-order valence-electron chi connectivity index (χ3n) is 3.50. The van der Waals surface area contributed by atoms with Crippen LogP contribution in [0.25, 0.3) is 5.52 Å². The smallest absolute Gasteiger partial charge is 0.0994 e. The summed E-state index contributed by atoms with van der Waals surface area (Å²) in [6.45, 7) is 4.35. The van der Waals surface area contributed by atoms with E-state index in [9.17, 15) is 0 Å². The molecule has 1 aromatic carbocycles. The van der Waals surface area contributed by atoms with Gasteiger partial charge in [0.15, 0.2) is 0 Å². The summed E-state index contributed by atoms with van der Waals surface area (Å²) < 4.78 is 2.16. The van der Waals surface area contributed by atoms with E-state index in [1.807, 2.05) is 12.5 Å². The highest BCUT2D eigenvalue weighted by Gasteiger charge is 2.11. The molecule has 0 aliphatic carbocycles. The van der Waals surface area contributed by atoms with E-state index in [0.29, 0.717) is 5.92 Å². The van der Waals surface area contributed by atoms with Crippen LogP contribution in [0.3, 0.4) is 0 Å². The predicted octanol–water partition coefficient (Wildman–Crippen LogP) is 3.79. The molecule has 18 heavy (non-hydrogen) atoms. The number of nitrogens with zero attached hydrogens (tertiary/aromatic N) is 2. The van der Waals surface area contributed by atoms with E-state index in [1.54, 1.807) is 0 Å². The highest BCUT2D eigenvalue weighted by atomic mass is 15.0. The van der Waals surface area contributed by atoms with Gasteiger partial charge in [0, 0.05) is 11.6 Å². The number of fused-ring (bicyclic) bond motifs is 1. The molecule has 0 saturated carbocycles. The monoisotopic (exact) mass is 236 g/mol. The third kappa shape index (κ3) is 1.80. The van der Waals surface area contributed by atoms with Gasteiger partial charge in [0.25, 0.3) is 0 Å². The Hall–Kier alpha value is -2.09. The van der Waals surface area contributed by atoms with Crippen molar-refractivity contribution in [3.63, 3.8) is 0 Å². The minimum absolute atomic E-state index is 0.364. The fourth-order valence-corrected chi connectivity index (χ4v) is 2.35. The van der Waals surface area contributed by atoms with Crippen LogP contribution < -0.4 is 0 Å². The molecule has 0 N–H and O–H groups in total. The number of benzene rings is 1. The first-order chi connectivity index (χ1) is 8.75. The predicted molar refractivity (Wildman–Crippen MR) is 73.9 cm³/mol. The van der Waals surface area contributed by atoms with Crippen LogP contribution in [-0.4, -0.2) is 9.38 Å². The van der Waals surface area contributed by atoms with Gasteiger partial charge in [-0.05, 0) is 24.6 Å². The van der Waals surface area contributed by atoms with Crippen molar-refractivity contribution in [3.05, 3.63) is 71.8 Å². The summed E-state index contributed by atoms with van der Waals surface area (Å²) in [6.07, 6.45) is 3.78. The lowest BCUT2D eigenvalue weighted by atomic mass is 9.96. The maximum atomic E-state index is 4.22. The first-order valence-corrected chi connectivity index (χ1v) is 6.23. The van der Waals surface area contributed by atoms with Crippen molar-refractivity contribution >= 4 is 5.52 Å². The number of rotatable bonds is 2. The van der Waals surface area contributed by atoms with E-state index >= 15 is 0 Å². The van der Waals surface area contributed by atoms with E-state index in [1.165, 1.54) is 16.8 Å². The highest BCUT2D eigenvalue weighted by molar-refractivity contribution is 5.47. The lowest BCUT2D eigenvalue weighted by Crippen LogP contribution is -2.02. The molecule has 3 aromatic rings. The molecule has 0 radical (unpaired) electrons. The minimum atomic E-state index is 0.364. The maximum Gasteiger partial charge on any atom is 0.0994 e. The first kappa shape index (κ1) is 11.0. The third-order valence-corrected chi connectivity index (χ3v) is 3.50. The van der Waals surface area contributed by atoms with Crippen LogP contribution in [0.5, 0.6) is 0 Å². The van der Waals surface area contributed by atoms with E-state index in [-0.39, 0.29) is 0 Å². The van der Waals surface area contributed by atoms with Gasteiger partial charge in [-0.25, -0.2) is 4.98 Å². The van der Waals surface area contributed by atoms with Gasteiger partial charge in [-0.2, -0.15) is 0 Å². The van der Waals surface area contributed by atoms with E-state index in [0.717, 1.165) is 5.52 Å². The second-order valence-electron chi connectivity index (χ2n) is 4.77. The summed E-state index contributed by atoms with van der Waals surface area (Å²) in [5, 5.41) is 0. The van der Waals surface area contributed by atoms with Crippen molar-refractivity contribution in [1.82, 2.24) is 9.38 Å². The number of imidazole rings is 1. The van der Waals surface area contributed by atoms with Crippen molar-refractivity contribution in [1.29, 1.82) is 0 Å². The molecular formula is C16H16N2. The Morgan fingerprint density at radius 2 is 1.83 bits per heavy atom. The fraction of sp³-hybridized carbons (Fsp3) is 0.188. The zero-order chi connectivity index (χ0) is 12.5. The van der Waals surface area contributed by atoms with Gasteiger partial charge in [-0.15, -0.1) is 0 Å². The van der Waals surface area contributed by atoms with Gasteiger partial charge in [0.2, 0.25) is 0 Å². The average Bonchev–Trinajstić information content (AvgIpc) is 2.87. The molecule has 1 unspecified atom stereocenters. The molecule has 90 valence electrons. The molecule has 0 amide bonds. The Balaban J connectivity index is 2.08. The van der Waals surface area contributed by atoms with E-state index in [4.69, 9.17) is 0 Å². The van der Waals surface area contributed by atoms with Crippen molar-refractivity contribution in [2.24, 2.45) is 0 Å². The van der Waals surface area contributed by atoms with Crippen LogP contribution in [0.2, 0.25) is 0 Å². The molecule has 1 atom stereocenters. The minimum Gasteiger partial charge on any atom is -0.303 e. The second-order valence-corrected chi connectivity index (χ2v) is 4.77. The van der Waals surface area contributed by atoms with Gasteiger partial charge in [0.1, 0.15) is 0 Å². The van der Waals surface area contributed by atoms with Crippen LogP contribution in [0.1, 0.15) is 29.7 Å². The lowest BCUT2D eigenvalue weighted by molar-refractivity contribution is 0.842. The van der Waals surface area contributed by atoms with Crippen LogP contribution >= 0.6 is 0 Å². The molecule has 0 saturated heterocycles. The van der Waals surface area contributed by atoms with Gasteiger partial charge < -0.3 is 4.40 Å². The summed E-state index contributed by atoms with van der Waals surface area (Å²) in [7, 11) is 0. The standard InChI is InChI=1S/C16H16N2/c1-12-6-8-14(9-7-12)13(2)16-5-3-4-15-10-17-11-18(15)16/h3-11,13H,1-2H3. The summed E-state index contributed by atoms with van der Waals surface area (Å²) >= 11 is 0. The highest BCUT2D eigenvalue weighted by Crippen LogP contribution is 2.24. The van der Waals surface area contributed by atoms with Gasteiger partial charge in [-0.3, -0.25) is 0 Å². The average molecular weight is 236 g/mol. The maximum absolute atomic E-state index is 4.22. The zero-order valence-electron chi connectivity index (χ0n) is 10.7. The molecule has 0 spiro atoms. The zero-order valence-corrected chi connectivity index (χ0v) is 10.7. The van der Waals surface area contributed by atoms with Crippen molar-refractivity contribution in [2.45, 2.75) is 19.8 Å². The van der Waals surface area contributed by atoms with E-state index in [2.05, 4.69) is 65.7 Å². The van der Waals surface area contributed by atoms with Crippen molar-refractivity contribution < 1.29 is 0 Å². The van der Waals surface area contributed by atoms with Crippen LogP contribution in [0, 0.1) is 6.92 Å². The summed E-state index contributed by atoms with van der Waals surface area (Å²) in [5.41, 5.74) is 5.05. The number of aromatic nitrogens is 2. The van der Waals surface area contributed by atoms with Crippen molar-refractivity contribution in [2.75, 3.05) is 0 Å². The number of hydrogen-bond acceptors (Lipinski definition) is 1. The van der Waals surface area contributed by atoms with E-state index < -0.39 is 0 Å². The first-order valence-electron chi connectivity index (χ1n) is 6.23. The second kappa shape index (κ2) is 4.30. The summed E-state index contributed by atoms with van der Waals surface area (Å²) in [5.74, 6) is 0.364. The lowest BCUT2D eigenvalue weighted by Gasteiger charge is -2.14. The number of aryl methyl sites for hydroxylation is 1. The molecule has 0 aliphatic heterocycles. The molecule has 0 bridgehead atoms.